The average molecular weight is 728 g/mol. The van der Waals surface area contributed by atoms with Crippen LogP contribution in [0.4, 0.5) is 4.79 Å². The molecule has 4 aliphatic rings. The van der Waals surface area contributed by atoms with Crippen LogP contribution in [0.1, 0.15) is 120 Å². The molecule has 2 saturated carbocycles. The molecule has 0 spiro atoms. The van der Waals surface area contributed by atoms with Crippen molar-refractivity contribution in [2.24, 2.45) is 5.41 Å². The van der Waals surface area contributed by atoms with Crippen LogP contribution in [-0.2, 0) is 33.7 Å². The second-order valence-corrected chi connectivity index (χ2v) is 20.1. The molecule has 2 heterocycles. The largest absolute Gasteiger partial charge is 0.381 e. The third-order valence-corrected chi connectivity index (χ3v) is 13.1. The van der Waals surface area contributed by atoms with Gasteiger partial charge in [-0.25, -0.2) is 13.2 Å². The molecule has 1 unspecified atom stereocenters. The summed E-state index contributed by atoms with van der Waals surface area (Å²) in [6.07, 6.45) is 3.08. The van der Waals surface area contributed by atoms with Crippen molar-refractivity contribution in [3.63, 3.8) is 0 Å². The first-order valence-corrected chi connectivity index (χ1v) is 19.9. The van der Waals surface area contributed by atoms with E-state index in [4.69, 9.17) is 9.47 Å². The predicted octanol–water partition coefficient (Wildman–Crippen LogP) is 2.27. The molecular weight excluding hydrogens is 666 g/mol. The van der Waals surface area contributed by atoms with E-state index in [2.05, 4.69) is 21.3 Å². The number of carbonyl (C=O) groups excluding carboxylic acids is 4. The molecule has 0 aromatic rings. The molecule has 2 aliphatic carbocycles. The van der Waals surface area contributed by atoms with Crippen molar-refractivity contribution in [3.05, 3.63) is 0 Å². The molecule has 14 nitrogen and oxygen atoms in total. The van der Waals surface area contributed by atoms with Crippen molar-refractivity contribution in [1.82, 2.24) is 26.2 Å². The number of aliphatic hydroxyl groups is 1. The molecule has 6 atom stereocenters. The van der Waals surface area contributed by atoms with Crippen LogP contribution in [0, 0.1) is 5.41 Å². The van der Waals surface area contributed by atoms with Gasteiger partial charge >= 0.3 is 6.03 Å². The number of likely N-dealkylation sites (tertiary alicyclic amines) is 1. The number of nitrogens with one attached hydrogen (secondary N) is 4. The fourth-order valence-electron chi connectivity index (χ4n) is 7.20. The van der Waals surface area contributed by atoms with Crippen molar-refractivity contribution in [1.29, 1.82) is 0 Å². The predicted molar refractivity (Wildman–Crippen MR) is 188 cm³/mol. The number of nitrogens with zero attached hydrogens (tertiary/aromatic N) is 1. The van der Waals surface area contributed by atoms with Crippen molar-refractivity contribution in [2.45, 2.75) is 179 Å². The van der Waals surface area contributed by atoms with E-state index >= 15 is 0 Å². The Labute approximate surface area is 297 Å². The van der Waals surface area contributed by atoms with Gasteiger partial charge in [0.2, 0.25) is 11.8 Å². The second-order valence-electron chi connectivity index (χ2n) is 17.3. The third kappa shape index (κ3) is 9.48. The van der Waals surface area contributed by atoms with Gasteiger partial charge in [0.1, 0.15) is 24.3 Å². The summed E-state index contributed by atoms with van der Waals surface area (Å²) in [6.45, 7) is 15.7. The van der Waals surface area contributed by atoms with E-state index in [-0.39, 0.29) is 18.3 Å². The van der Waals surface area contributed by atoms with Gasteiger partial charge in [-0.3, -0.25) is 14.4 Å². The Hall–Kier alpha value is -2.49. The number of amides is 5. The van der Waals surface area contributed by atoms with Crippen LogP contribution in [0.5, 0.6) is 0 Å². The number of hydrogen-bond donors (Lipinski definition) is 5. The first-order chi connectivity index (χ1) is 23.0. The lowest BCUT2D eigenvalue weighted by molar-refractivity contribution is -0.171. The highest BCUT2D eigenvalue weighted by atomic mass is 32.2. The van der Waals surface area contributed by atoms with Gasteiger partial charge in [0, 0.05) is 6.04 Å². The number of fused-ring (bicyclic) bond motifs is 1. The average Bonchev–Trinajstić information content (AvgIpc) is 3.65. The summed E-state index contributed by atoms with van der Waals surface area (Å²) < 4.78 is 37.9. The summed E-state index contributed by atoms with van der Waals surface area (Å²) in [5, 5.41) is 22.4. The number of rotatable bonds is 12. The van der Waals surface area contributed by atoms with Gasteiger partial charge in [-0.05, 0) is 72.1 Å². The highest BCUT2D eigenvalue weighted by Gasteiger charge is 2.58. The molecule has 2 aliphatic heterocycles. The van der Waals surface area contributed by atoms with Crippen LogP contribution in [0.2, 0.25) is 0 Å². The highest BCUT2D eigenvalue weighted by molar-refractivity contribution is 7.92. The summed E-state index contributed by atoms with van der Waals surface area (Å²) in [5.74, 6) is -2.92. The minimum atomic E-state index is -3.58. The van der Waals surface area contributed by atoms with Gasteiger partial charge in [0.05, 0.1) is 28.6 Å². The fraction of sp³-hybridized carbons (Fsp3) is 0.886. The summed E-state index contributed by atoms with van der Waals surface area (Å²) in [4.78, 5) is 56.5. The minimum absolute atomic E-state index is 0.0117. The van der Waals surface area contributed by atoms with Crippen LogP contribution in [0.3, 0.4) is 0 Å². The molecule has 5 amide bonds. The zero-order valence-corrected chi connectivity index (χ0v) is 32.2. The van der Waals surface area contributed by atoms with E-state index in [9.17, 15) is 32.7 Å². The molecule has 15 heteroatoms. The van der Waals surface area contributed by atoms with E-state index in [0.717, 1.165) is 32.1 Å². The van der Waals surface area contributed by atoms with Gasteiger partial charge in [-0.2, -0.15) is 0 Å². The van der Waals surface area contributed by atoms with Gasteiger partial charge in [-0.15, -0.1) is 0 Å². The zero-order valence-electron chi connectivity index (χ0n) is 31.4. The first kappa shape index (κ1) is 40.3. The number of ether oxygens (including phenoxy) is 2. The van der Waals surface area contributed by atoms with E-state index in [1.54, 1.807) is 55.4 Å². The Balaban J connectivity index is 1.57. The van der Waals surface area contributed by atoms with Gasteiger partial charge in [-0.1, -0.05) is 53.4 Å². The molecule has 286 valence electrons. The molecule has 0 aromatic heterocycles. The SMILES string of the molecule is CCC[C@H](NC(=O)[C@@H]1[C@H]2OC(C)(C)O[C@H]2CN1C(=O)[C@@H](NC(=O)NC1(CS(=O)(=O)C(C)(C)C)CCCCC1)C(C)(C)C)C(O)C(=O)NC1CC1. The van der Waals surface area contributed by atoms with Gasteiger partial charge in [0.15, 0.2) is 21.7 Å². The van der Waals surface area contributed by atoms with E-state index < -0.39 is 91.5 Å². The topological polar surface area (TPSA) is 192 Å². The van der Waals surface area contributed by atoms with Gasteiger partial charge in [0.25, 0.3) is 5.91 Å². The Morgan fingerprint density at radius 1 is 0.960 bits per heavy atom. The number of sulfone groups is 1. The maximum absolute atomic E-state index is 14.5. The van der Waals surface area contributed by atoms with Crippen molar-refractivity contribution in [2.75, 3.05) is 12.3 Å². The number of urea groups is 1. The van der Waals surface area contributed by atoms with E-state index in [1.165, 1.54) is 4.90 Å². The fourth-order valence-corrected chi connectivity index (χ4v) is 8.72. The quantitative estimate of drug-likeness (QED) is 0.201. The first-order valence-electron chi connectivity index (χ1n) is 18.3. The smallest absolute Gasteiger partial charge is 0.315 e. The molecule has 2 saturated heterocycles. The molecule has 0 radical (unpaired) electrons. The summed E-state index contributed by atoms with van der Waals surface area (Å²) >= 11 is 0. The lowest BCUT2D eigenvalue weighted by Crippen LogP contribution is -2.64. The van der Waals surface area contributed by atoms with E-state index in [1.807, 2.05) is 6.92 Å². The van der Waals surface area contributed by atoms with Crippen molar-refractivity contribution >= 4 is 33.6 Å². The van der Waals surface area contributed by atoms with E-state index in [0.29, 0.717) is 25.7 Å². The molecule has 4 rings (SSSR count). The maximum Gasteiger partial charge on any atom is 0.315 e. The van der Waals surface area contributed by atoms with Crippen LogP contribution in [0.15, 0.2) is 0 Å². The highest BCUT2D eigenvalue weighted by Crippen LogP contribution is 2.38. The monoisotopic (exact) mass is 727 g/mol. The zero-order chi connectivity index (χ0) is 37.4. The Morgan fingerprint density at radius 2 is 1.58 bits per heavy atom. The maximum atomic E-state index is 14.5. The Bertz CT molecular complexity index is 1380. The normalized spacial score (nSPS) is 26.7. The van der Waals surface area contributed by atoms with Crippen LogP contribution in [-0.4, -0.2) is 113 Å². The summed E-state index contributed by atoms with van der Waals surface area (Å²) in [6, 6.07) is -3.84. The lowest BCUT2D eigenvalue weighted by Gasteiger charge is -2.41. The molecule has 0 bridgehead atoms. The molecular formula is C35H61N5O9S. The summed E-state index contributed by atoms with van der Waals surface area (Å²) in [7, 11) is -3.58. The van der Waals surface area contributed by atoms with Gasteiger partial charge < -0.3 is 40.7 Å². The standard InChI is InChI=1S/C35H61N5O9S/c1-10-14-22(25(41)29(43)36-21-15-16-21)37-28(42)24-26-23(48-34(8,9)49-26)19-40(24)30(44)27(32(2,3)4)38-31(45)39-35(17-12-11-13-18-35)20-50(46,47)33(5,6)7/h21-27,41H,10-20H2,1-9H3,(H,36,43)(H,37,42)(H2,38,39,45)/t22-,23-,24-,25?,26-,27+/m0/s1. The molecule has 50 heavy (non-hydrogen) atoms. The number of hydrogen-bond acceptors (Lipinski definition) is 9. The molecule has 4 fully saturated rings. The van der Waals surface area contributed by atoms with Crippen LogP contribution >= 0.6 is 0 Å². The molecule has 5 N–H and O–H groups in total. The second kappa shape index (κ2) is 14.9. The third-order valence-electron chi connectivity index (χ3n) is 10.3. The molecule has 0 aromatic carbocycles. The minimum Gasteiger partial charge on any atom is -0.381 e. The summed E-state index contributed by atoms with van der Waals surface area (Å²) in [5.41, 5.74) is -1.81. The number of carbonyl (C=O) groups is 4. The van der Waals surface area contributed by atoms with Crippen molar-refractivity contribution < 1.29 is 42.2 Å². The lowest BCUT2D eigenvalue weighted by atomic mass is 9.83. The Morgan fingerprint density at radius 3 is 2.12 bits per heavy atom. The van der Waals surface area contributed by atoms with Crippen LogP contribution < -0.4 is 21.3 Å². The van der Waals surface area contributed by atoms with Crippen LogP contribution in [0.25, 0.3) is 0 Å². The number of aliphatic hydroxyl groups excluding tert-OH is 1. The van der Waals surface area contributed by atoms with Crippen molar-refractivity contribution in [3.8, 4) is 0 Å². The Kier molecular flexibility index (Phi) is 12.0.